The fraction of sp³-hybridized carbons (Fsp3) is 0.0909. The molecule has 0 aliphatic heterocycles. The topological polar surface area (TPSA) is 88.5 Å². The zero-order valence-corrected chi connectivity index (χ0v) is 18.1. The Kier molecular flexibility index (Phi) is 5.03. The quantitative estimate of drug-likeness (QED) is 0.374. The summed E-state index contributed by atoms with van der Waals surface area (Å²) in [5, 5.41) is 4.47. The van der Waals surface area contributed by atoms with Crippen LogP contribution >= 0.6 is 23.2 Å². The van der Waals surface area contributed by atoms with E-state index in [4.69, 9.17) is 23.2 Å². The second-order valence-electron chi connectivity index (χ2n) is 7.23. The number of aromatic nitrogens is 5. The summed E-state index contributed by atoms with van der Waals surface area (Å²) in [5.74, 6) is -0.0843. The van der Waals surface area contributed by atoms with Crippen LogP contribution in [-0.2, 0) is 0 Å². The molecule has 10 heteroatoms. The molecule has 160 valence electrons. The highest BCUT2D eigenvalue weighted by atomic mass is 35.5. The third kappa shape index (κ3) is 3.47. The van der Waals surface area contributed by atoms with E-state index >= 15 is 0 Å². The number of nitrogens with zero attached hydrogens (tertiary/aromatic N) is 4. The van der Waals surface area contributed by atoms with Gasteiger partial charge in [-0.3, -0.25) is 9.36 Å². The highest BCUT2D eigenvalue weighted by Crippen LogP contribution is 2.28. The number of nitrogens with one attached hydrogen (secondary N) is 2. The molecular formula is C22H15Cl2FN6O. The Morgan fingerprint density at radius 2 is 1.88 bits per heavy atom. The summed E-state index contributed by atoms with van der Waals surface area (Å²) >= 11 is 12.4. The van der Waals surface area contributed by atoms with Gasteiger partial charge in [-0.05, 0) is 42.6 Å². The van der Waals surface area contributed by atoms with Gasteiger partial charge >= 0.3 is 0 Å². The molecule has 0 spiro atoms. The summed E-state index contributed by atoms with van der Waals surface area (Å²) in [5.41, 5.74) is 1.62. The molecule has 1 atom stereocenters. The third-order valence-electron chi connectivity index (χ3n) is 5.15. The first-order valence-corrected chi connectivity index (χ1v) is 10.4. The summed E-state index contributed by atoms with van der Waals surface area (Å²) in [6, 6.07) is 10.6. The number of pyridine rings is 1. The lowest BCUT2D eigenvalue weighted by Crippen LogP contribution is -2.26. The van der Waals surface area contributed by atoms with Crippen LogP contribution in [0, 0.1) is 5.82 Å². The molecule has 0 unspecified atom stereocenters. The first kappa shape index (κ1) is 20.4. The molecule has 0 bridgehead atoms. The standard InChI is InChI=1S/C22H15Cl2FN6O/c1-11(30-21-19-20(27-9-26-19)28-10-29-21)17-5-12-3-2-4-16(25)18(12)22(32)31(17)15-7-13(23)6-14(24)8-15/h2-11H,1H3,(H2,26,27,28,29,30)/t11-/m1/s1. The van der Waals surface area contributed by atoms with Crippen LogP contribution in [0.4, 0.5) is 10.2 Å². The van der Waals surface area contributed by atoms with E-state index in [0.29, 0.717) is 43.8 Å². The maximum Gasteiger partial charge on any atom is 0.266 e. The van der Waals surface area contributed by atoms with E-state index in [9.17, 15) is 9.18 Å². The van der Waals surface area contributed by atoms with Crippen molar-refractivity contribution in [2.24, 2.45) is 0 Å². The van der Waals surface area contributed by atoms with Gasteiger partial charge in [-0.1, -0.05) is 35.3 Å². The van der Waals surface area contributed by atoms with Crippen molar-refractivity contribution < 1.29 is 4.39 Å². The van der Waals surface area contributed by atoms with E-state index in [1.165, 1.54) is 23.3 Å². The highest BCUT2D eigenvalue weighted by Gasteiger charge is 2.20. The zero-order valence-electron chi connectivity index (χ0n) is 16.6. The van der Waals surface area contributed by atoms with Gasteiger partial charge in [0.15, 0.2) is 11.5 Å². The van der Waals surface area contributed by atoms with Gasteiger partial charge in [0.2, 0.25) is 0 Å². The highest BCUT2D eigenvalue weighted by molar-refractivity contribution is 6.34. The van der Waals surface area contributed by atoms with Crippen molar-refractivity contribution in [2.45, 2.75) is 13.0 Å². The van der Waals surface area contributed by atoms with Gasteiger partial charge in [0, 0.05) is 15.7 Å². The summed E-state index contributed by atoms with van der Waals surface area (Å²) in [6.45, 7) is 1.87. The molecule has 2 N–H and O–H groups in total. The molecule has 7 nitrogen and oxygen atoms in total. The molecule has 0 aliphatic rings. The Balaban J connectivity index is 1.74. The predicted molar refractivity (Wildman–Crippen MR) is 123 cm³/mol. The average Bonchev–Trinajstić information content (AvgIpc) is 3.22. The van der Waals surface area contributed by atoms with Gasteiger partial charge in [0.05, 0.1) is 23.4 Å². The minimum Gasteiger partial charge on any atom is -0.360 e. The summed E-state index contributed by atoms with van der Waals surface area (Å²) in [4.78, 5) is 29.0. The molecule has 2 aromatic carbocycles. The number of hydrogen-bond acceptors (Lipinski definition) is 5. The number of benzene rings is 2. The number of halogens is 3. The van der Waals surface area contributed by atoms with Crippen LogP contribution in [0.2, 0.25) is 10.0 Å². The van der Waals surface area contributed by atoms with Gasteiger partial charge < -0.3 is 10.3 Å². The van der Waals surface area contributed by atoms with E-state index in [-0.39, 0.29) is 5.39 Å². The predicted octanol–water partition coefficient (Wildman–Crippen LogP) is 5.28. The molecule has 0 saturated carbocycles. The Morgan fingerprint density at radius 3 is 2.66 bits per heavy atom. The number of H-pyrrole nitrogens is 1. The lowest BCUT2D eigenvalue weighted by molar-refractivity contribution is 0.637. The van der Waals surface area contributed by atoms with Crippen molar-refractivity contribution in [3.8, 4) is 5.69 Å². The molecule has 0 fully saturated rings. The first-order chi connectivity index (χ1) is 15.4. The number of fused-ring (bicyclic) bond motifs is 2. The largest absolute Gasteiger partial charge is 0.360 e. The summed E-state index contributed by atoms with van der Waals surface area (Å²) < 4.78 is 16.0. The Morgan fingerprint density at radius 1 is 1.09 bits per heavy atom. The number of rotatable bonds is 4. The fourth-order valence-corrected chi connectivity index (χ4v) is 4.26. The van der Waals surface area contributed by atoms with Crippen LogP contribution in [0.5, 0.6) is 0 Å². The molecule has 3 heterocycles. The van der Waals surface area contributed by atoms with Crippen LogP contribution in [0.3, 0.4) is 0 Å². The Bertz CT molecular complexity index is 1530. The van der Waals surface area contributed by atoms with Crippen LogP contribution in [-0.4, -0.2) is 24.5 Å². The lowest BCUT2D eigenvalue weighted by Gasteiger charge is -2.22. The Labute approximate surface area is 190 Å². The van der Waals surface area contributed by atoms with Gasteiger partial charge in [-0.2, -0.15) is 0 Å². The van der Waals surface area contributed by atoms with Gasteiger partial charge in [0.25, 0.3) is 5.56 Å². The second kappa shape index (κ2) is 7.89. The van der Waals surface area contributed by atoms with Gasteiger partial charge in [-0.15, -0.1) is 0 Å². The van der Waals surface area contributed by atoms with E-state index in [1.54, 1.807) is 36.4 Å². The van der Waals surface area contributed by atoms with E-state index in [1.807, 2.05) is 6.92 Å². The number of hydrogen-bond donors (Lipinski definition) is 2. The summed E-state index contributed by atoms with van der Waals surface area (Å²) in [6.07, 6.45) is 2.93. The van der Waals surface area contributed by atoms with Crippen LogP contribution in [0.1, 0.15) is 18.7 Å². The lowest BCUT2D eigenvalue weighted by atomic mass is 10.1. The minimum absolute atomic E-state index is 0.0162. The molecular weight excluding hydrogens is 454 g/mol. The maximum absolute atomic E-state index is 14.6. The van der Waals surface area contributed by atoms with Crippen molar-refractivity contribution in [1.82, 2.24) is 24.5 Å². The molecule has 5 rings (SSSR count). The second-order valence-corrected chi connectivity index (χ2v) is 8.10. The number of aromatic amines is 1. The third-order valence-corrected chi connectivity index (χ3v) is 5.59. The van der Waals surface area contributed by atoms with Crippen molar-refractivity contribution in [3.05, 3.63) is 87.0 Å². The molecule has 0 saturated heterocycles. The fourth-order valence-electron chi connectivity index (χ4n) is 3.75. The molecule has 0 aliphatic carbocycles. The SMILES string of the molecule is C[C@@H](Nc1ncnc2nc[nH]c12)c1cc2cccc(F)c2c(=O)n1-c1cc(Cl)cc(Cl)c1. The number of anilines is 1. The molecule has 0 radical (unpaired) electrons. The smallest absolute Gasteiger partial charge is 0.266 e. The van der Waals surface area contributed by atoms with E-state index in [2.05, 4.69) is 25.3 Å². The molecule has 0 amide bonds. The maximum atomic E-state index is 14.6. The van der Waals surface area contributed by atoms with Crippen molar-refractivity contribution in [3.63, 3.8) is 0 Å². The van der Waals surface area contributed by atoms with E-state index < -0.39 is 17.4 Å². The van der Waals surface area contributed by atoms with E-state index in [0.717, 1.165) is 0 Å². The Hall–Kier alpha value is -3.49. The van der Waals surface area contributed by atoms with Gasteiger partial charge in [-0.25, -0.2) is 19.3 Å². The average molecular weight is 469 g/mol. The monoisotopic (exact) mass is 468 g/mol. The zero-order chi connectivity index (χ0) is 22.4. The van der Waals surface area contributed by atoms with Crippen molar-refractivity contribution >= 4 is 51.0 Å². The normalized spacial score (nSPS) is 12.4. The van der Waals surface area contributed by atoms with Crippen molar-refractivity contribution in [2.75, 3.05) is 5.32 Å². The van der Waals surface area contributed by atoms with Crippen LogP contribution < -0.4 is 10.9 Å². The molecule has 32 heavy (non-hydrogen) atoms. The van der Waals surface area contributed by atoms with Gasteiger partial charge in [0.1, 0.15) is 17.7 Å². The molecule has 5 aromatic rings. The molecule has 3 aromatic heterocycles. The first-order valence-electron chi connectivity index (χ1n) is 9.63. The van der Waals surface area contributed by atoms with Crippen LogP contribution in [0.15, 0.2) is 59.9 Å². The van der Waals surface area contributed by atoms with Crippen LogP contribution in [0.25, 0.3) is 27.6 Å². The number of imidazole rings is 1. The van der Waals surface area contributed by atoms with Crippen molar-refractivity contribution in [1.29, 1.82) is 0 Å². The minimum atomic E-state index is -0.600. The summed E-state index contributed by atoms with van der Waals surface area (Å²) in [7, 11) is 0.